The molecule has 0 radical (unpaired) electrons. The molecular weight excluding hydrogens is 256 g/mol. The molecule has 96 valence electrons. The van der Waals surface area contributed by atoms with Gasteiger partial charge >= 0.3 is 5.97 Å². The Hall–Kier alpha value is -1.76. The first-order valence-corrected chi connectivity index (χ1v) is 6.91. The Balaban J connectivity index is 2.23. The molecule has 2 rings (SSSR count). The Labute approximate surface area is 106 Å². The van der Waals surface area contributed by atoms with Crippen LogP contribution in [-0.2, 0) is 10.8 Å². The Kier molecular flexibility index (Phi) is 3.71. The third-order valence-electron chi connectivity index (χ3n) is 2.71. The summed E-state index contributed by atoms with van der Waals surface area (Å²) in [5.74, 6) is -0.723. The van der Waals surface area contributed by atoms with Gasteiger partial charge in [-0.1, -0.05) is 0 Å². The van der Waals surface area contributed by atoms with Crippen molar-refractivity contribution in [2.24, 2.45) is 0 Å². The van der Waals surface area contributed by atoms with E-state index in [1.807, 2.05) is 0 Å². The summed E-state index contributed by atoms with van der Waals surface area (Å²) >= 11 is 0. The van der Waals surface area contributed by atoms with Crippen molar-refractivity contribution < 1.29 is 18.9 Å². The van der Waals surface area contributed by atoms with Gasteiger partial charge < -0.3 is 10.0 Å². The molecule has 0 bridgehead atoms. The Morgan fingerprint density at radius 1 is 1.33 bits per heavy atom. The average Bonchev–Trinajstić information content (AvgIpc) is 2.39. The lowest BCUT2D eigenvalue weighted by atomic mass is 10.1. The van der Waals surface area contributed by atoms with Gasteiger partial charge in [0.15, 0.2) is 0 Å². The minimum absolute atomic E-state index is 0.0577. The zero-order chi connectivity index (χ0) is 13.1. The van der Waals surface area contributed by atoms with Crippen LogP contribution in [0.1, 0.15) is 20.8 Å². The van der Waals surface area contributed by atoms with Gasteiger partial charge in [0.05, 0.1) is 5.56 Å². The van der Waals surface area contributed by atoms with E-state index < -0.39 is 22.7 Å². The molecule has 0 atom stereocenters. The standard InChI is InChI=1S/C11H12N2O4S/c14-10(13-4-6-18(17)7-5-13)9-8(11(15)16)2-1-3-12-9/h1-3H,4-7H2,(H,15,16). The maximum absolute atomic E-state index is 12.1. The van der Waals surface area contributed by atoms with E-state index in [0.29, 0.717) is 24.6 Å². The van der Waals surface area contributed by atoms with E-state index in [0.717, 1.165) is 0 Å². The summed E-state index contributed by atoms with van der Waals surface area (Å²) in [7, 11) is -0.879. The van der Waals surface area contributed by atoms with E-state index in [1.165, 1.54) is 23.2 Å². The van der Waals surface area contributed by atoms with E-state index in [1.54, 1.807) is 0 Å². The third kappa shape index (κ3) is 2.56. The summed E-state index contributed by atoms with van der Waals surface area (Å²) in [6, 6.07) is 2.83. The monoisotopic (exact) mass is 268 g/mol. The quantitative estimate of drug-likeness (QED) is 0.814. The van der Waals surface area contributed by atoms with Crippen LogP contribution in [-0.4, -0.2) is 55.7 Å². The predicted molar refractivity (Wildman–Crippen MR) is 65.0 cm³/mol. The van der Waals surface area contributed by atoms with E-state index in [2.05, 4.69) is 4.98 Å². The smallest absolute Gasteiger partial charge is 0.338 e. The van der Waals surface area contributed by atoms with Crippen LogP contribution in [0.25, 0.3) is 0 Å². The maximum Gasteiger partial charge on any atom is 0.338 e. The number of rotatable bonds is 2. The summed E-state index contributed by atoms with van der Waals surface area (Å²) in [4.78, 5) is 28.5. The number of carboxylic acids is 1. The van der Waals surface area contributed by atoms with Crippen molar-refractivity contribution in [1.82, 2.24) is 9.88 Å². The number of carbonyl (C=O) groups excluding carboxylic acids is 1. The molecule has 0 unspecified atom stereocenters. The molecule has 1 N–H and O–H groups in total. The summed E-state index contributed by atoms with van der Waals surface area (Å²) < 4.78 is 11.2. The number of carboxylic acid groups (broad SMARTS) is 1. The van der Waals surface area contributed by atoms with Gasteiger partial charge in [0, 0.05) is 41.6 Å². The van der Waals surface area contributed by atoms with Gasteiger partial charge in [0.1, 0.15) is 5.69 Å². The van der Waals surface area contributed by atoms with Crippen LogP contribution in [0.2, 0.25) is 0 Å². The molecule has 1 aliphatic rings. The van der Waals surface area contributed by atoms with Crippen LogP contribution in [0.3, 0.4) is 0 Å². The molecule has 7 heteroatoms. The molecule has 1 saturated heterocycles. The van der Waals surface area contributed by atoms with E-state index in [-0.39, 0.29) is 11.3 Å². The number of hydrogen-bond acceptors (Lipinski definition) is 4. The van der Waals surface area contributed by atoms with Crippen LogP contribution in [0.15, 0.2) is 18.3 Å². The number of nitrogens with zero attached hydrogens (tertiary/aromatic N) is 2. The molecule has 1 amide bonds. The normalized spacial score (nSPS) is 16.6. The van der Waals surface area contributed by atoms with Crippen molar-refractivity contribution in [2.45, 2.75) is 0 Å². The number of aromatic nitrogens is 1. The van der Waals surface area contributed by atoms with Crippen molar-refractivity contribution in [3.8, 4) is 0 Å². The van der Waals surface area contributed by atoms with Crippen LogP contribution in [0.5, 0.6) is 0 Å². The minimum Gasteiger partial charge on any atom is -0.478 e. The molecule has 1 aliphatic heterocycles. The number of hydrogen-bond donors (Lipinski definition) is 1. The number of carbonyl (C=O) groups is 2. The largest absolute Gasteiger partial charge is 0.478 e. The Bertz CT molecular complexity index is 508. The van der Waals surface area contributed by atoms with Crippen molar-refractivity contribution in [2.75, 3.05) is 24.6 Å². The molecule has 1 aromatic heterocycles. The molecule has 1 fully saturated rings. The first kappa shape index (κ1) is 12.7. The van der Waals surface area contributed by atoms with Gasteiger partial charge in [-0.05, 0) is 12.1 Å². The van der Waals surface area contributed by atoms with Crippen LogP contribution >= 0.6 is 0 Å². The molecule has 0 aromatic carbocycles. The number of pyridine rings is 1. The fourth-order valence-corrected chi connectivity index (χ4v) is 2.79. The Morgan fingerprint density at radius 3 is 2.61 bits per heavy atom. The maximum atomic E-state index is 12.1. The summed E-state index contributed by atoms with van der Waals surface area (Å²) in [5.41, 5.74) is -0.160. The van der Waals surface area contributed by atoms with E-state index in [9.17, 15) is 13.8 Å². The van der Waals surface area contributed by atoms with Crippen LogP contribution in [0.4, 0.5) is 0 Å². The van der Waals surface area contributed by atoms with Crippen LogP contribution < -0.4 is 0 Å². The van der Waals surface area contributed by atoms with Crippen molar-refractivity contribution in [3.05, 3.63) is 29.6 Å². The predicted octanol–water partition coefficient (Wildman–Crippen LogP) is -0.0157. The van der Waals surface area contributed by atoms with E-state index >= 15 is 0 Å². The fourth-order valence-electron chi connectivity index (χ4n) is 1.74. The molecular formula is C11H12N2O4S. The highest BCUT2D eigenvalue weighted by molar-refractivity contribution is 7.85. The number of amides is 1. The lowest BCUT2D eigenvalue weighted by molar-refractivity contribution is 0.0675. The summed E-state index contributed by atoms with van der Waals surface area (Å²) in [6.07, 6.45) is 1.39. The lowest BCUT2D eigenvalue weighted by Gasteiger charge is -2.26. The molecule has 0 aliphatic carbocycles. The zero-order valence-corrected chi connectivity index (χ0v) is 10.4. The molecule has 2 heterocycles. The van der Waals surface area contributed by atoms with Gasteiger partial charge in [-0.25, -0.2) is 4.79 Å². The molecule has 0 spiro atoms. The molecule has 18 heavy (non-hydrogen) atoms. The van der Waals surface area contributed by atoms with Gasteiger partial charge in [-0.2, -0.15) is 0 Å². The van der Waals surface area contributed by atoms with Crippen LogP contribution in [0, 0.1) is 0 Å². The first-order valence-electron chi connectivity index (χ1n) is 5.42. The SMILES string of the molecule is O=C(O)c1cccnc1C(=O)N1CCS(=O)CC1. The molecule has 1 aromatic rings. The van der Waals surface area contributed by atoms with E-state index in [4.69, 9.17) is 5.11 Å². The van der Waals surface area contributed by atoms with Gasteiger partial charge in [-0.15, -0.1) is 0 Å². The zero-order valence-electron chi connectivity index (χ0n) is 9.54. The summed E-state index contributed by atoms with van der Waals surface area (Å²) in [6.45, 7) is 0.752. The van der Waals surface area contributed by atoms with Crippen molar-refractivity contribution in [1.29, 1.82) is 0 Å². The third-order valence-corrected chi connectivity index (χ3v) is 3.98. The second kappa shape index (κ2) is 5.26. The lowest BCUT2D eigenvalue weighted by Crippen LogP contribution is -2.42. The molecule has 0 saturated carbocycles. The van der Waals surface area contributed by atoms with Gasteiger partial charge in [0.25, 0.3) is 5.91 Å². The topological polar surface area (TPSA) is 87.6 Å². The summed E-state index contributed by atoms with van der Waals surface area (Å²) in [5, 5.41) is 9.00. The highest BCUT2D eigenvalue weighted by atomic mass is 32.2. The minimum atomic E-state index is -1.17. The highest BCUT2D eigenvalue weighted by Gasteiger charge is 2.25. The highest BCUT2D eigenvalue weighted by Crippen LogP contribution is 2.11. The first-order chi connectivity index (χ1) is 8.59. The van der Waals surface area contributed by atoms with Gasteiger partial charge in [0.2, 0.25) is 0 Å². The average molecular weight is 268 g/mol. The van der Waals surface area contributed by atoms with Crippen molar-refractivity contribution >= 4 is 22.7 Å². The van der Waals surface area contributed by atoms with Gasteiger partial charge in [-0.3, -0.25) is 14.0 Å². The fraction of sp³-hybridized carbons (Fsp3) is 0.364. The molecule has 6 nitrogen and oxygen atoms in total. The Morgan fingerprint density at radius 2 is 2.00 bits per heavy atom. The second-order valence-corrected chi connectivity index (χ2v) is 5.54. The van der Waals surface area contributed by atoms with Crippen molar-refractivity contribution in [3.63, 3.8) is 0 Å². The number of aromatic carboxylic acids is 1. The second-order valence-electron chi connectivity index (χ2n) is 3.84.